The predicted octanol–water partition coefficient (Wildman–Crippen LogP) is 3.62. The molecule has 2 heterocycles. The Labute approximate surface area is 140 Å². The van der Waals surface area contributed by atoms with Crippen LogP contribution >= 0.6 is 11.3 Å². The minimum absolute atomic E-state index is 0.339. The van der Waals surface area contributed by atoms with Gasteiger partial charge in [0.05, 0.1) is 4.88 Å². The molecule has 1 aliphatic rings. The minimum Gasteiger partial charge on any atom is -0.282 e. The van der Waals surface area contributed by atoms with Crippen molar-refractivity contribution in [2.24, 2.45) is 0 Å². The van der Waals surface area contributed by atoms with Gasteiger partial charge in [-0.25, -0.2) is 13.1 Å². The van der Waals surface area contributed by atoms with E-state index in [1.165, 1.54) is 29.8 Å². The Balaban J connectivity index is 1.63. The van der Waals surface area contributed by atoms with Crippen molar-refractivity contribution in [1.82, 2.24) is 14.9 Å². The maximum atomic E-state index is 12.4. The number of nitrogens with one attached hydrogen (secondary N) is 2. The number of allylic oxidation sites excluding steroid dienone is 1. The summed E-state index contributed by atoms with van der Waals surface area (Å²) >= 11 is 1.24. The number of sulfonamides is 1. The van der Waals surface area contributed by atoms with E-state index in [2.05, 4.69) is 21.0 Å². The third kappa shape index (κ3) is 4.10. The van der Waals surface area contributed by atoms with E-state index in [1.54, 1.807) is 12.1 Å². The molecule has 2 N–H and O–H groups in total. The van der Waals surface area contributed by atoms with E-state index in [0.29, 0.717) is 10.8 Å². The van der Waals surface area contributed by atoms with E-state index in [1.807, 2.05) is 13.0 Å². The first-order valence-corrected chi connectivity index (χ1v) is 10.1. The lowest BCUT2D eigenvalue weighted by molar-refractivity contribution is 0.581. The lowest BCUT2D eigenvalue weighted by atomic mass is 9.97. The molecular weight excluding hydrogens is 330 g/mol. The Hall–Kier alpha value is -1.44. The van der Waals surface area contributed by atoms with Crippen molar-refractivity contribution in [3.63, 3.8) is 0 Å². The summed E-state index contributed by atoms with van der Waals surface area (Å²) < 4.78 is 27.8. The second-order valence-electron chi connectivity index (χ2n) is 5.81. The summed E-state index contributed by atoms with van der Waals surface area (Å²) in [5.74, 6) is 0. The first kappa shape index (κ1) is 16.4. The van der Waals surface area contributed by atoms with Crippen molar-refractivity contribution < 1.29 is 8.42 Å². The van der Waals surface area contributed by atoms with Gasteiger partial charge in [0.2, 0.25) is 10.0 Å². The molecule has 2 aromatic rings. The van der Waals surface area contributed by atoms with E-state index in [0.717, 1.165) is 35.5 Å². The molecule has 0 radical (unpaired) electrons. The molecule has 7 heteroatoms. The molecule has 2 aromatic heterocycles. The highest BCUT2D eigenvalue weighted by Crippen LogP contribution is 2.29. The Bertz CT molecular complexity index is 803. The Kier molecular flexibility index (Phi) is 4.99. The van der Waals surface area contributed by atoms with Gasteiger partial charge < -0.3 is 0 Å². The molecular formula is C16H21N3O2S2. The van der Waals surface area contributed by atoms with Gasteiger partial charge in [-0.1, -0.05) is 11.6 Å². The van der Waals surface area contributed by atoms with Crippen LogP contribution in [0.4, 0.5) is 0 Å². The number of H-pyrrole nitrogens is 1. The van der Waals surface area contributed by atoms with E-state index in [4.69, 9.17) is 0 Å². The molecule has 0 saturated heterocycles. The summed E-state index contributed by atoms with van der Waals surface area (Å²) in [5, 5.41) is 7.04. The molecule has 5 nitrogen and oxygen atoms in total. The molecule has 124 valence electrons. The predicted molar refractivity (Wildman–Crippen MR) is 93.0 cm³/mol. The normalized spacial score (nSPS) is 15.6. The highest BCUT2D eigenvalue weighted by atomic mass is 32.2. The monoisotopic (exact) mass is 351 g/mol. The second-order valence-corrected chi connectivity index (χ2v) is 8.89. The van der Waals surface area contributed by atoms with Crippen molar-refractivity contribution in [3.05, 3.63) is 35.5 Å². The van der Waals surface area contributed by atoms with E-state index in [9.17, 15) is 8.42 Å². The quantitative estimate of drug-likeness (QED) is 0.781. The Morgan fingerprint density at radius 3 is 2.91 bits per heavy atom. The summed E-state index contributed by atoms with van der Waals surface area (Å²) in [5.41, 5.74) is 3.11. The summed E-state index contributed by atoms with van der Waals surface area (Å²) in [7, 11) is -3.44. The van der Waals surface area contributed by atoms with Crippen molar-refractivity contribution in [3.8, 4) is 10.6 Å². The van der Waals surface area contributed by atoms with Crippen LogP contribution in [-0.2, 0) is 10.0 Å². The number of thiophene rings is 1. The topological polar surface area (TPSA) is 74.8 Å². The van der Waals surface area contributed by atoms with Crippen LogP contribution in [0.1, 0.15) is 37.8 Å². The molecule has 0 amide bonds. The van der Waals surface area contributed by atoms with Gasteiger partial charge in [0.1, 0.15) is 9.90 Å². The zero-order valence-electron chi connectivity index (χ0n) is 13.1. The van der Waals surface area contributed by atoms with E-state index in [-0.39, 0.29) is 0 Å². The van der Waals surface area contributed by atoms with Gasteiger partial charge in [0.25, 0.3) is 0 Å². The highest BCUT2D eigenvalue weighted by molar-refractivity contribution is 7.91. The highest BCUT2D eigenvalue weighted by Gasteiger charge is 2.18. The van der Waals surface area contributed by atoms with Crippen LogP contribution in [0.25, 0.3) is 10.6 Å². The van der Waals surface area contributed by atoms with Crippen molar-refractivity contribution in [2.75, 3.05) is 6.54 Å². The van der Waals surface area contributed by atoms with Gasteiger partial charge in [0.15, 0.2) is 0 Å². The summed E-state index contributed by atoms with van der Waals surface area (Å²) in [6, 6.07) is 5.36. The van der Waals surface area contributed by atoms with Crippen LogP contribution in [0.2, 0.25) is 0 Å². The van der Waals surface area contributed by atoms with Gasteiger partial charge in [-0.3, -0.25) is 5.10 Å². The minimum atomic E-state index is -3.44. The number of aryl methyl sites for hydroxylation is 1. The molecule has 0 saturated carbocycles. The molecule has 0 aromatic carbocycles. The zero-order chi connectivity index (χ0) is 16.3. The van der Waals surface area contributed by atoms with Crippen LogP contribution in [0.15, 0.2) is 34.1 Å². The maximum absolute atomic E-state index is 12.4. The van der Waals surface area contributed by atoms with Crippen LogP contribution in [0.3, 0.4) is 0 Å². The Morgan fingerprint density at radius 1 is 1.35 bits per heavy atom. The van der Waals surface area contributed by atoms with Gasteiger partial charge in [0, 0.05) is 12.2 Å². The number of hydrogen-bond donors (Lipinski definition) is 2. The first-order valence-electron chi connectivity index (χ1n) is 7.84. The van der Waals surface area contributed by atoms with E-state index < -0.39 is 10.0 Å². The largest absolute Gasteiger partial charge is 0.282 e. The van der Waals surface area contributed by atoms with Gasteiger partial charge >= 0.3 is 0 Å². The molecule has 0 spiro atoms. The lowest BCUT2D eigenvalue weighted by Gasteiger charge is -2.12. The fourth-order valence-electron chi connectivity index (χ4n) is 2.70. The van der Waals surface area contributed by atoms with Crippen LogP contribution in [0.5, 0.6) is 0 Å². The molecule has 0 bridgehead atoms. The molecule has 3 rings (SSSR count). The fourth-order valence-corrected chi connectivity index (χ4v) is 5.04. The SMILES string of the molecule is Cc1cc(-c2ccc(S(=O)(=O)NCCC3=CCCCC3)s2)n[nH]1. The van der Waals surface area contributed by atoms with Crippen molar-refractivity contribution in [1.29, 1.82) is 0 Å². The van der Waals surface area contributed by atoms with Crippen LogP contribution in [0, 0.1) is 6.92 Å². The smallest absolute Gasteiger partial charge is 0.250 e. The van der Waals surface area contributed by atoms with E-state index >= 15 is 0 Å². The van der Waals surface area contributed by atoms with Gasteiger partial charge in [-0.05, 0) is 57.2 Å². The fraction of sp³-hybridized carbons (Fsp3) is 0.438. The number of rotatable bonds is 6. The average molecular weight is 351 g/mol. The first-order chi connectivity index (χ1) is 11.0. The zero-order valence-corrected chi connectivity index (χ0v) is 14.8. The summed E-state index contributed by atoms with van der Waals surface area (Å²) in [6.45, 7) is 2.38. The molecule has 1 aliphatic carbocycles. The number of nitrogens with zero attached hydrogens (tertiary/aromatic N) is 1. The number of aromatic amines is 1. The molecule has 0 unspecified atom stereocenters. The molecule has 0 fully saturated rings. The number of hydrogen-bond acceptors (Lipinski definition) is 4. The third-order valence-corrected chi connectivity index (χ3v) is 6.99. The van der Waals surface area contributed by atoms with Crippen LogP contribution < -0.4 is 4.72 Å². The Morgan fingerprint density at radius 2 is 2.22 bits per heavy atom. The van der Waals surface area contributed by atoms with Crippen molar-refractivity contribution >= 4 is 21.4 Å². The number of aromatic nitrogens is 2. The maximum Gasteiger partial charge on any atom is 0.250 e. The summed E-state index contributed by atoms with van der Waals surface area (Å²) in [6.07, 6.45) is 7.75. The lowest BCUT2D eigenvalue weighted by Crippen LogP contribution is -2.24. The molecule has 0 atom stereocenters. The standard InChI is InChI=1S/C16H21N3O2S2/c1-12-11-14(19-18-12)15-7-8-16(22-15)23(20,21)17-10-9-13-5-3-2-4-6-13/h5,7-8,11,17H,2-4,6,9-10H2,1H3,(H,18,19). The molecule has 23 heavy (non-hydrogen) atoms. The second kappa shape index (κ2) is 6.98. The van der Waals surface area contributed by atoms with Crippen molar-refractivity contribution in [2.45, 2.75) is 43.2 Å². The molecule has 0 aliphatic heterocycles. The van der Waals surface area contributed by atoms with Gasteiger partial charge in [-0.15, -0.1) is 11.3 Å². The van der Waals surface area contributed by atoms with Gasteiger partial charge in [-0.2, -0.15) is 5.10 Å². The average Bonchev–Trinajstić information content (AvgIpc) is 3.17. The summed E-state index contributed by atoms with van der Waals surface area (Å²) in [4.78, 5) is 0.852. The third-order valence-electron chi connectivity index (χ3n) is 3.93. The van der Waals surface area contributed by atoms with Crippen LogP contribution in [-0.4, -0.2) is 25.2 Å².